The number of nitrogens with zero attached hydrogens (tertiary/aromatic N) is 1. The van der Waals surface area contributed by atoms with E-state index in [-0.39, 0.29) is 28.9 Å². The molecule has 8 heteroatoms. The van der Waals surface area contributed by atoms with Gasteiger partial charge in [0.05, 0.1) is 11.4 Å². The van der Waals surface area contributed by atoms with E-state index in [1.165, 1.54) is 37.8 Å². The van der Waals surface area contributed by atoms with Crippen LogP contribution in [0.3, 0.4) is 0 Å². The maximum atomic E-state index is 11.3. The summed E-state index contributed by atoms with van der Waals surface area (Å²) >= 11 is 0. The van der Waals surface area contributed by atoms with Crippen molar-refractivity contribution in [3.8, 4) is 0 Å². The second-order valence-corrected chi connectivity index (χ2v) is 8.47. The Bertz CT molecular complexity index is 646. The lowest BCUT2D eigenvalue weighted by molar-refractivity contribution is 0.518. The van der Waals surface area contributed by atoms with Gasteiger partial charge in [-0.15, -0.1) is 24.0 Å². The van der Waals surface area contributed by atoms with Crippen LogP contribution in [0.25, 0.3) is 0 Å². The maximum Gasteiger partial charge on any atom is 0.238 e. The smallest absolute Gasteiger partial charge is 0.238 e. The minimum Gasteiger partial charge on any atom is -0.357 e. The lowest BCUT2D eigenvalue weighted by Gasteiger charge is -2.11. The number of rotatable bonds is 11. The van der Waals surface area contributed by atoms with Gasteiger partial charge in [-0.2, -0.15) is 0 Å². The summed E-state index contributed by atoms with van der Waals surface area (Å²) in [6.45, 7) is 8.74. The van der Waals surface area contributed by atoms with E-state index in [0.29, 0.717) is 6.54 Å². The highest BCUT2D eigenvalue weighted by Gasteiger charge is 2.06. The van der Waals surface area contributed by atoms with Crippen LogP contribution >= 0.6 is 24.0 Å². The minimum atomic E-state index is -3.65. The molecule has 0 aliphatic rings. The molecule has 0 saturated carbocycles. The van der Waals surface area contributed by atoms with Crippen LogP contribution in [0.15, 0.2) is 34.2 Å². The molecule has 0 aliphatic heterocycles. The van der Waals surface area contributed by atoms with Crippen molar-refractivity contribution in [1.29, 1.82) is 0 Å². The van der Waals surface area contributed by atoms with Crippen LogP contribution in [-0.2, 0) is 16.6 Å². The van der Waals surface area contributed by atoms with Crippen molar-refractivity contribution in [1.82, 2.24) is 10.6 Å². The Balaban J connectivity index is 0.00000676. The first-order chi connectivity index (χ1) is 12.3. The third-order valence-corrected chi connectivity index (χ3v) is 4.95. The fourth-order valence-corrected chi connectivity index (χ4v) is 3.05. The highest BCUT2D eigenvalue weighted by Crippen LogP contribution is 2.10. The molecular formula is C19H35IN4O2S. The highest BCUT2D eigenvalue weighted by atomic mass is 127. The van der Waals surface area contributed by atoms with Gasteiger partial charge >= 0.3 is 0 Å². The molecule has 0 aliphatic carbocycles. The van der Waals surface area contributed by atoms with Crippen molar-refractivity contribution < 1.29 is 8.42 Å². The predicted octanol–water partition coefficient (Wildman–Crippen LogP) is 3.61. The van der Waals surface area contributed by atoms with Gasteiger partial charge in [0, 0.05) is 13.1 Å². The Kier molecular flexibility index (Phi) is 13.7. The van der Waals surface area contributed by atoms with Crippen LogP contribution in [-0.4, -0.2) is 27.5 Å². The van der Waals surface area contributed by atoms with E-state index < -0.39 is 10.0 Å². The number of guanidine groups is 1. The van der Waals surface area contributed by atoms with Crippen LogP contribution in [0, 0.1) is 5.92 Å². The Morgan fingerprint density at radius 2 is 1.70 bits per heavy atom. The zero-order chi connectivity index (χ0) is 19.4. The SMILES string of the molecule is CCNC(=NCc1ccc(S(N)(=O)=O)cc1)NCCCCCCC(C)C.I. The average molecular weight is 510 g/mol. The lowest BCUT2D eigenvalue weighted by Crippen LogP contribution is -2.37. The van der Waals surface area contributed by atoms with E-state index in [4.69, 9.17) is 5.14 Å². The molecule has 0 fully saturated rings. The monoisotopic (exact) mass is 510 g/mol. The fraction of sp³-hybridized carbons (Fsp3) is 0.632. The number of primary sulfonamides is 1. The molecule has 1 rings (SSSR count). The Hall–Kier alpha value is -0.870. The second kappa shape index (κ2) is 14.2. The van der Waals surface area contributed by atoms with Crippen molar-refractivity contribution >= 4 is 40.0 Å². The van der Waals surface area contributed by atoms with Gasteiger partial charge in [0.2, 0.25) is 10.0 Å². The largest absolute Gasteiger partial charge is 0.357 e. The number of unbranched alkanes of at least 4 members (excludes halogenated alkanes) is 3. The van der Waals surface area contributed by atoms with Crippen molar-refractivity contribution in [2.75, 3.05) is 13.1 Å². The molecule has 0 amide bonds. The predicted molar refractivity (Wildman–Crippen MR) is 124 cm³/mol. The molecule has 156 valence electrons. The number of benzene rings is 1. The summed E-state index contributed by atoms with van der Waals surface area (Å²) in [5, 5.41) is 11.7. The summed E-state index contributed by atoms with van der Waals surface area (Å²) in [6.07, 6.45) is 6.26. The first kappa shape index (κ1) is 26.1. The van der Waals surface area contributed by atoms with E-state index in [9.17, 15) is 8.42 Å². The van der Waals surface area contributed by atoms with Gasteiger partial charge in [-0.1, -0.05) is 51.7 Å². The zero-order valence-electron chi connectivity index (χ0n) is 16.7. The Labute approximate surface area is 181 Å². The number of hydrogen-bond acceptors (Lipinski definition) is 3. The second-order valence-electron chi connectivity index (χ2n) is 6.91. The number of hydrogen-bond donors (Lipinski definition) is 3. The van der Waals surface area contributed by atoms with E-state index in [1.807, 2.05) is 6.92 Å². The van der Waals surface area contributed by atoms with E-state index in [1.54, 1.807) is 12.1 Å². The normalized spacial score (nSPS) is 12.0. The van der Waals surface area contributed by atoms with Crippen LogP contribution in [0.1, 0.15) is 58.4 Å². The molecule has 0 spiro atoms. The summed E-state index contributed by atoms with van der Waals surface area (Å²) in [6, 6.07) is 6.50. The van der Waals surface area contributed by atoms with Crippen LogP contribution in [0.4, 0.5) is 0 Å². The average Bonchev–Trinajstić information content (AvgIpc) is 2.58. The minimum absolute atomic E-state index is 0. The number of sulfonamides is 1. The molecule has 0 radical (unpaired) electrons. The van der Waals surface area contributed by atoms with Crippen molar-refractivity contribution in [2.24, 2.45) is 16.0 Å². The van der Waals surface area contributed by atoms with Crippen molar-refractivity contribution in [3.05, 3.63) is 29.8 Å². The topological polar surface area (TPSA) is 96.6 Å². The van der Waals surface area contributed by atoms with Gasteiger partial charge in [-0.3, -0.25) is 0 Å². The summed E-state index contributed by atoms with van der Waals surface area (Å²) in [5.74, 6) is 1.57. The number of nitrogens with one attached hydrogen (secondary N) is 2. The number of nitrogens with two attached hydrogens (primary N) is 1. The van der Waals surface area contributed by atoms with Gasteiger partial charge in [0.15, 0.2) is 5.96 Å². The molecule has 4 N–H and O–H groups in total. The van der Waals surface area contributed by atoms with Gasteiger partial charge in [-0.05, 0) is 37.0 Å². The Morgan fingerprint density at radius 3 is 2.26 bits per heavy atom. The van der Waals surface area contributed by atoms with Gasteiger partial charge in [0.25, 0.3) is 0 Å². The molecule has 27 heavy (non-hydrogen) atoms. The molecule has 1 aromatic rings. The quantitative estimate of drug-likeness (QED) is 0.183. The van der Waals surface area contributed by atoms with Crippen LogP contribution < -0.4 is 15.8 Å². The van der Waals surface area contributed by atoms with Crippen LogP contribution in [0.5, 0.6) is 0 Å². The van der Waals surface area contributed by atoms with E-state index in [2.05, 4.69) is 29.5 Å². The maximum absolute atomic E-state index is 11.3. The van der Waals surface area contributed by atoms with Crippen molar-refractivity contribution in [3.63, 3.8) is 0 Å². The standard InChI is InChI=1S/C19H34N4O2S.HI/c1-4-21-19(22-14-8-6-5-7-9-16(2)3)23-15-17-10-12-18(13-11-17)26(20,24)25;/h10-13,16H,4-9,14-15H2,1-3H3,(H2,20,24,25)(H2,21,22,23);1H. The summed E-state index contributed by atoms with van der Waals surface area (Å²) in [7, 11) is -3.65. The lowest BCUT2D eigenvalue weighted by atomic mass is 10.0. The molecule has 6 nitrogen and oxygen atoms in total. The fourth-order valence-electron chi connectivity index (χ4n) is 2.53. The Morgan fingerprint density at radius 1 is 1.07 bits per heavy atom. The molecule has 0 saturated heterocycles. The molecule has 0 heterocycles. The summed E-state index contributed by atoms with van der Waals surface area (Å²) < 4.78 is 22.5. The molecule has 0 unspecified atom stereocenters. The van der Waals surface area contributed by atoms with Gasteiger partial charge in [-0.25, -0.2) is 18.5 Å². The zero-order valence-corrected chi connectivity index (χ0v) is 19.8. The van der Waals surface area contributed by atoms with Crippen LogP contribution in [0.2, 0.25) is 0 Å². The number of halogens is 1. The van der Waals surface area contributed by atoms with Crippen molar-refractivity contribution in [2.45, 2.75) is 64.3 Å². The number of aliphatic imine (C=N–C) groups is 1. The van der Waals surface area contributed by atoms with Gasteiger partial charge in [0.1, 0.15) is 0 Å². The molecule has 0 bridgehead atoms. The first-order valence-corrected chi connectivity index (χ1v) is 11.0. The van der Waals surface area contributed by atoms with E-state index in [0.717, 1.165) is 37.0 Å². The third-order valence-electron chi connectivity index (χ3n) is 4.02. The summed E-state index contributed by atoms with van der Waals surface area (Å²) in [4.78, 5) is 4.66. The molecule has 1 aromatic carbocycles. The molecule has 0 aromatic heterocycles. The molecule has 0 atom stereocenters. The van der Waals surface area contributed by atoms with E-state index >= 15 is 0 Å². The first-order valence-electron chi connectivity index (χ1n) is 9.47. The third kappa shape index (κ3) is 12.2. The highest BCUT2D eigenvalue weighted by molar-refractivity contribution is 14.0. The van der Waals surface area contributed by atoms with Gasteiger partial charge < -0.3 is 10.6 Å². The molecular weight excluding hydrogens is 475 g/mol. The summed E-state index contributed by atoms with van der Waals surface area (Å²) in [5.41, 5.74) is 0.934.